The lowest BCUT2D eigenvalue weighted by Crippen LogP contribution is -2.35. The average molecular weight is 308 g/mol. The molecule has 2 fully saturated rings. The molecule has 1 aromatic rings. The van der Waals surface area contributed by atoms with E-state index in [0.29, 0.717) is 41.1 Å². The summed E-state index contributed by atoms with van der Waals surface area (Å²) in [4.78, 5) is 0.390. The number of aryl methyl sites for hydroxylation is 1. The van der Waals surface area contributed by atoms with E-state index >= 15 is 0 Å². The molecule has 3 rings (SSSR count). The second-order valence-electron chi connectivity index (χ2n) is 6.69. The Morgan fingerprint density at radius 3 is 2.10 bits per heavy atom. The van der Waals surface area contributed by atoms with E-state index in [1.807, 2.05) is 13.0 Å². The Bertz CT molecular complexity index is 632. The summed E-state index contributed by atoms with van der Waals surface area (Å²) >= 11 is 0. The summed E-state index contributed by atoms with van der Waals surface area (Å²) in [5.74, 6) is 1.11. The second kappa shape index (κ2) is 5.29. The van der Waals surface area contributed by atoms with Crippen molar-refractivity contribution in [2.24, 2.45) is 11.8 Å². The van der Waals surface area contributed by atoms with E-state index < -0.39 is 10.0 Å². The van der Waals surface area contributed by atoms with Crippen molar-refractivity contribution in [3.8, 4) is 0 Å². The van der Waals surface area contributed by atoms with Gasteiger partial charge in [0.2, 0.25) is 10.0 Å². The van der Waals surface area contributed by atoms with Gasteiger partial charge in [-0.2, -0.15) is 4.31 Å². The highest BCUT2D eigenvalue weighted by Gasteiger charge is 2.36. The van der Waals surface area contributed by atoms with Gasteiger partial charge in [0.05, 0.1) is 4.90 Å². The molecular formula is C16H24N2O2S. The Balaban J connectivity index is 1.95. The van der Waals surface area contributed by atoms with Crippen LogP contribution >= 0.6 is 0 Å². The molecule has 2 aliphatic carbocycles. The molecule has 0 heterocycles. The van der Waals surface area contributed by atoms with Gasteiger partial charge in [0.1, 0.15) is 0 Å². The minimum absolute atomic E-state index is 0.390. The third-order valence-corrected chi connectivity index (χ3v) is 6.44. The lowest BCUT2D eigenvalue weighted by atomic mass is 10.1. The summed E-state index contributed by atoms with van der Waals surface area (Å²) in [6.07, 6.45) is 4.63. The maximum Gasteiger partial charge on any atom is 0.243 e. The fraction of sp³-hybridized carbons (Fsp3) is 0.625. The van der Waals surface area contributed by atoms with Crippen LogP contribution in [0.2, 0.25) is 0 Å². The molecule has 0 radical (unpaired) electrons. The Morgan fingerprint density at radius 2 is 1.62 bits per heavy atom. The summed E-state index contributed by atoms with van der Waals surface area (Å²) in [5.41, 5.74) is 8.10. The molecule has 5 heteroatoms. The van der Waals surface area contributed by atoms with E-state index in [2.05, 4.69) is 0 Å². The topological polar surface area (TPSA) is 63.4 Å². The summed E-state index contributed by atoms with van der Waals surface area (Å²) < 4.78 is 27.8. The van der Waals surface area contributed by atoms with E-state index in [1.165, 1.54) is 0 Å². The molecule has 2 N–H and O–H groups in total. The molecule has 0 aliphatic heterocycles. The minimum Gasteiger partial charge on any atom is -0.398 e. The van der Waals surface area contributed by atoms with Gasteiger partial charge in [-0.25, -0.2) is 8.42 Å². The fourth-order valence-corrected chi connectivity index (χ4v) is 4.64. The molecule has 0 aromatic heterocycles. The lowest BCUT2D eigenvalue weighted by Gasteiger charge is -2.23. The van der Waals surface area contributed by atoms with E-state index in [4.69, 9.17) is 5.73 Å². The van der Waals surface area contributed by atoms with Gasteiger partial charge >= 0.3 is 0 Å². The Kier molecular flexibility index (Phi) is 3.74. The molecule has 21 heavy (non-hydrogen) atoms. The zero-order valence-electron chi connectivity index (χ0n) is 12.8. The number of rotatable bonds is 6. The van der Waals surface area contributed by atoms with Crippen LogP contribution in [0.1, 0.15) is 36.8 Å². The first kappa shape index (κ1) is 14.9. The molecule has 0 spiro atoms. The van der Waals surface area contributed by atoms with Gasteiger partial charge in [-0.15, -0.1) is 0 Å². The maximum absolute atomic E-state index is 13.1. The third-order valence-electron chi connectivity index (χ3n) is 4.48. The molecule has 1 aromatic carbocycles. The molecule has 0 amide bonds. The van der Waals surface area contributed by atoms with Crippen LogP contribution in [0.15, 0.2) is 17.0 Å². The highest BCUT2D eigenvalue weighted by molar-refractivity contribution is 7.89. The number of nitrogens with two attached hydrogens (primary N) is 1. The van der Waals surface area contributed by atoms with Gasteiger partial charge in [-0.05, 0) is 74.6 Å². The molecule has 2 saturated carbocycles. The highest BCUT2D eigenvalue weighted by Crippen LogP contribution is 2.37. The standard InChI is InChI=1S/C16H24N2O2S/c1-11-7-15(17)12(2)16(8-11)21(19,20)18(9-13-3-4-13)10-14-5-6-14/h7-8,13-14H,3-6,9-10,17H2,1-2H3. The van der Waals surface area contributed by atoms with Crippen LogP contribution < -0.4 is 5.73 Å². The predicted octanol–water partition coefficient (Wildman–Crippen LogP) is 2.70. The first-order valence-corrected chi connectivity index (χ1v) is 9.19. The Labute approximate surface area is 127 Å². The van der Waals surface area contributed by atoms with Crippen molar-refractivity contribution in [3.05, 3.63) is 23.3 Å². The Hall–Kier alpha value is -1.07. The van der Waals surface area contributed by atoms with Gasteiger partial charge in [0, 0.05) is 18.8 Å². The van der Waals surface area contributed by atoms with Crippen LogP contribution in [-0.2, 0) is 10.0 Å². The van der Waals surface area contributed by atoms with E-state index in [1.54, 1.807) is 17.3 Å². The van der Waals surface area contributed by atoms with Crippen LogP contribution in [0.3, 0.4) is 0 Å². The minimum atomic E-state index is -3.43. The molecule has 2 aliphatic rings. The first-order valence-electron chi connectivity index (χ1n) is 7.75. The van der Waals surface area contributed by atoms with E-state index in [0.717, 1.165) is 31.2 Å². The van der Waals surface area contributed by atoms with Crippen molar-refractivity contribution >= 4 is 15.7 Å². The predicted molar refractivity (Wildman–Crippen MR) is 84.5 cm³/mol. The van der Waals surface area contributed by atoms with Crippen LogP contribution in [0.4, 0.5) is 5.69 Å². The molecular weight excluding hydrogens is 284 g/mol. The van der Waals surface area contributed by atoms with Crippen molar-refractivity contribution in [3.63, 3.8) is 0 Å². The quantitative estimate of drug-likeness (QED) is 0.822. The molecule has 4 nitrogen and oxygen atoms in total. The molecule has 0 saturated heterocycles. The van der Waals surface area contributed by atoms with Crippen molar-refractivity contribution in [1.29, 1.82) is 0 Å². The molecule has 0 bridgehead atoms. The zero-order chi connectivity index (χ0) is 15.2. The number of benzene rings is 1. The maximum atomic E-state index is 13.1. The first-order chi connectivity index (χ1) is 9.88. The van der Waals surface area contributed by atoms with Crippen molar-refractivity contribution in [1.82, 2.24) is 4.31 Å². The number of hydrogen-bond donors (Lipinski definition) is 1. The third kappa shape index (κ3) is 3.24. The van der Waals surface area contributed by atoms with Crippen LogP contribution in [0.5, 0.6) is 0 Å². The van der Waals surface area contributed by atoms with Crippen molar-refractivity contribution < 1.29 is 8.42 Å². The summed E-state index contributed by atoms with van der Waals surface area (Å²) in [6.45, 7) is 5.03. The fourth-order valence-electron chi connectivity index (χ4n) is 2.71. The highest BCUT2D eigenvalue weighted by atomic mass is 32.2. The van der Waals surface area contributed by atoms with E-state index in [-0.39, 0.29) is 0 Å². The van der Waals surface area contributed by atoms with Crippen LogP contribution in [0.25, 0.3) is 0 Å². The van der Waals surface area contributed by atoms with Crippen molar-refractivity contribution in [2.45, 2.75) is 44.4 Å². The normalized spacial score (nSPS) is 19.2. The Morgan fingerprint density at radius 1 is 1.10 bits per heavy atom. The SMILES string of the molecule is Cc1cc(N)c(C)c(S(=O)(=O)N(CC2CC2)CC2CC2)c1. The van der Waals surface area contributed by atoms with Crippen LogP contribution in [0, 0.1) is 25.7 Å². The van der Waals surface area contributed by atoms with Crippen LogP contribution in [-0.4, -0.2) is 25.8 Å². The lowest BCUT2D eigenvalue weighted by molar-refractivity contribution is 0.382. The molecule has 0 unspecified atom stereocenters. The smallest absolute Gasteiger partial charge is 0.243 e. The average Bonchev–Trinajstić information content (AvgIpc) is 3.27. The van der Waals surface area contributed by atoms with Gasteiger partial charge in [-0.1, -0.05) is 0 Å². The van der Waals surface area contributed by atoms with Gasteiger partial charge in [0.15, 0.2) is 0 Å². The molecule has 0 atom stereocenters. The molecule has 116 valence electrons. The number of nitrogen functional groups attached to an aromatic ring is 1. The number of anilines is 1. The summed E-state index contributed by atoms with van der Waals surface area (Å²) in [7, 11) is -3.43. The zero-order valence-corrected chi connectivity index (χ0v) is 13.6. The van der Waals surface area contributed by atoms with Gasteiger partial charge in [0.25, 0.3) is 0 Å². The van der Waals surface area contributed by atoms with Gasteiger partial charge in [-0.3, -0.25) is 0 Å². The van der Waals surface area contributed by atoms with E-state index in [9.17, 15) is 8.42 Å². The number of nitrogens with zero attached hydrogens (tertiary/aromatic N) is 1. The van der Waals surface area contributed by atoms with Gasteiger partial charge < -0.3 is 5.73 Å². The summed E-state index contributed by atoms with van der Waals surface area (Å²) in [6, 6.07) is 3.59. The summed E-state index contributed by atoms with van der Waals surface area (Å²) in [5, 5.41) is 0. The van der Waals surface area contributed by atoms with Crippen molar-refractivity contribution in [2.75, 3.05) is 18.8 Å². The largest absolute Gasteiger partial charge is 0.398 e. The second-order valence-corrected chi connectivity index (χ2v) is 8.59. The number of hydrogen-bond acceptors (Lipinski definition) is 3. The monoisotopic (exact) mass is 308 g/mol. The number of sulfonamides is 1.